The smallest absolute Gasteiger partial charge is 0.410 e. The van der Waals surface area contributed by atoms with Gasteiger partial charge >= 0.3 is 12.1 Å². The monoisotopic (exact) mass is 274 g/mol. The van der Waals surface area contributed by atoms with E-state index in [9.17, 15) is 9.59 Å². The van der Waals surface area contributed by atoms with E-state index in [1.54, 1.807) is 11.8 Å². The number of hydrogen-bond donors (Lipinski definition) is 2. The van der Waals surface area contributed by atoms with Gasteiger partial charge in [-0.05, 0) is 34.1 Å². The molecule has 0 aliphatic carbocycles. The van der Waals surface area contributed by atoms with Crippen molar-refractivity contribution in [2.24, 2.45) is 0 Å². The van der Waals surface area contributed by atoms with Crippen molar-refractivity contribution < 1.29 is 19.4 Å². The Hall–Kier alpha value is -1.30. The molecule has 0 radical (unpaired) electrons. The number of aliphatic carboxylic acids is 1. The molecule has 0 aromatic carbocycles. The van der Waals surface area contributed by atoms with Gasteiger partial charge in [0.15, 0.2) is 0 Å². The molecule has 0 spiro atoms. The highest BCUT2D eigenvalue weighted by atomic mass is 16.6. The van der Waals surface area contributed by atoms with E-state index < -0.39 is 17.6 Å². The minimum Gasteiger partial charge on any atom is -0.480 e. The molecule has 1 unspecified atom stereocenters. The Balaban J connectivity index is 4.20. The number of carbonyl (C=O) groups is 2. The van der Waals surface area contributed by atoms with Crippen molar-refractivity contribution in [3.05, 3.63) is 0 Å². The van der Waals surface area contributed by atoms with Gasteiger partial charge in [0.25, 0.3) is 0 Å². The first kappa shape index (κ1) is 17.7. The summed E-state index contributed by atoms with van der Waals surface area (Å²) in [5.41, 5.74) is -0.523. The number of amides is 1. The average Bonchev–Trinajstić information content (AvgIpc) is 2.26. The topological polar surface area (TPSA) is 78.9 Å². The van der Waals surface area contributed by atoms with Crippen LogP contribution in [0.5, 0.6) is 0 Å². The summed E-state index contributed by atoms with van der Waals surface area (Å²) in [6.07, 6.45) is 0.133. The molecule has 0 aromatic heterocycles. The molecule has 0 aromatic rings. The second kappa shape index (κ2) is 7.99. The van der Waals surface area contributed by atoms with Crippen LogP contribution >= 0.6 is 0 Å². The minimum atomic E-state index is -0.872. The van der Waals surface area contributed by atoms with Gasteiger partial charge in [0.1, 0.15) is 11.6 Å². The quantitative estimate of drug-likeness (QED) is 0.738. The van der Waals surface area contributed by atoms with Crippen molar-refractivity contribution in [3.63, 3.8) is 0 Å². The Morgan fingerprint density at radius 3 is 2.26 bits per heavy atom. The van der Waals surface area contributed by atoms with Gasteiger partial charge in [-0.25, -0.2) is 4.79 Å². The van der Waals surface area contributed by atoms with Gasteiger partial charge in [-0.2, -0.15) is 0 Å². The molecule has 0 heterocycles. The second-order valence-electron chi connectivity index (χ2n) is 5.31. The number of carbonyl (C=O) groups excluding carboxylic acids is 1. The molecule has 0 saturated carbocycles. The summed E-state index contributed by atoms with van der Waals surface area (Å²) in [4.78, 5) is 24.2. The molecule has 1 amide bonds. The number of carboxylic acids is 1. The number of hydrogen-bond acceptors (Lipinski definition) is 4. The van der Waals surface area contributed by atoms with Crippen molar-refractivity contribution in [3.8, 4) is 0 Å². The van der Waals surface area contributed by atoms with E-state index in [1.807, 2.05) is 27.7 Å². The van der Waals surface area contributed by atoms with Gasteiger partial charge in [0, 0.05) is 19.6 Å². The van der Waals surface area contributed by atoms with E-state index in [1.165, 1.54) is 0 Å². The van der Waals surface area contributed by atoms with Gasteiger partial charge in [-0.1, -0.05) is 6.92 Å². The van der Waals surface area contributed by atoms with Crippen molar-refractivity contribution in [2.75, 3.05) is 19.6 Å². The van der Waals surface area contributed by atoms with Crippen LogP contribution in [0, 0.1) is 0 Å². The van der Waals surface area contributed by atoms with Crippen molar-refractivity contribution >= 4 is 12.1 Å². The van der Waals surface area contributed by atoms with Crippen LogP contribution in [0.1, 0.15) is 41.0 Å². The standard InChI is InChI=1S/C13H26N2O4/c1-6-10(11(16)17)14-8-9-15(7-2)12(18)19-13(3,4)5/h10,14H,6-9H2,1-5H3,(H,16,17). The predicted molar refractivity (Wildman–Crippen MR) is 73.2 cm³/mol. The van der Waals surface area contributed by atoms with E-state index in [0.29, 0.717) is 26.1 Å². The van der Waals surface area contributed by atoms with Crippen molar-refractivity contribution in [1.29, 1.82) is 0 Å². The predicted octanol–water partition coefficient (Wildman–Crippen LogP) is 1.70. The lowest BCUT2D eigenvalue weighted by Crippen LogP contribution is -2.44. The van der Waals surface area contributed by atoms with E-state index in [4.69, 9.17) is 9.84 Å². The molecule has 0 bridgehead atoms. The maximum atomic E-state index is 11.8. The number of carboxylic acid groups (broad SMARTS) is 1. The zero-order chi connectivity index (χ0) is 15.1. The average molecular weight is 274 g/mol. The number of ether oxygens (including phenoxy) is 1. The summed E-state index contributed by atoms with van der Waals surface area (Å²) in [6, 6.07) is -0.572. The lowest BCUT2D eigenvalue weighted by atomic mass is 10.2. The summed E-state index contributed by atoms with van der Waals surface area (Å²) in [5.74, 6) is -0.872. The first-order valence-corrected chi connectivity index (χ1v) is 6.65. The van der Waals surface area contributed by atoms with Gasteiger partial charge < -0.3 is 20.1 Å². The Morgan fingerprint density at radius 1 is 1.32 bits per heavy atom. The maximum absolute atomic E-state index is 11.8. The van der Waals surface area contributed by atoms with Crippen LogP contribution in [0.25, 0.3) is 0 Å². The molecular formula is C13H26N2O4. The fourth-order valence-corrected chi connectivity index (χ4v) is 1.48. The number of rotatable bonds is 7. The SMILES string of the molecule is CCC(NCCN(CC)C(=O)OC(C)(C)C)C(=O)O. The number of nitrogens with one attached hydrogen (secondary N) is 1. The Kier molecular flexibility index (Phi) is 7.44. The summed E-state index contributed by atoms with van der Waals surface area (Å²) in [6.45, 7) is 10.5. The van der Waals surface area contributed by atoms with Crippen LogP contribution in [0.2, 0.25) is 0 Å². The first-order valence-electron chi connectivity index (χ1n) is 6.65. The van der Waals surface area contributed by atoms with E-state index in [2.05, 4.69) is 5.32 Å². The van der Waals surface area contributed by atoms with Crippen LogP contribution in [0.3, 0.4) is 0 Å². The maximum Gasteiger partial charge on any atom is 0.410 e. The fraction of sp³-hybridized carbons (Fsp3) is 0.846. The molecule has 112 valence electrons. The summed E-state index contributed by atoms with van der Waals surface area (Å²) in [7, 11) is 0. The highest BCUT2D eigenvalue weighted by Gasteiger charge is 2.21. The third-order valence-corrected chi connectivity index (χ3v) is 2.51. The van der Waals surface area contributed by atoms with E-state index >= 15 is 0 Å². The van der Waals surface area contributed by atoms with Crippen LogP contribution < -0.4 is 5.32 Å². The third-order valence-electron chi connectivity index (χ3n) is 2.51. The molecule has 1 atom stereocenters. The van der Waals surface area contributed by atoms with Gasteiger partial charge in [0.05, 0.1) is 0 Å². The highest BCUT2D eigenvalue weighted by molar-refractivity contribution is 5.73. The largest absolute Gasteiger partial charge is 0.480 e. The molecule has 6 nitrogen and oxygen atoms in total. The summed E-state index contributed by atoms with van der Waals surface area (Å²) < 4.78 is 5.26. The molecule has 0 saturated heterocycles. The lowest BCUT2D eigenvalue weighted by Gasteiger charge is -2.27. The van der Waals surface area contributed by atoms with Gasteiger partial charge in [0.2, 0.25) is 0 Å². The zero-order valence-electron chi connectivity index (χ0n) is 12.5. The Morgan fingerprint density at radius 2 is 1.89 bits per heavy atom. The molecule has 0 rings (SSSR count). The van der Waals surface area contributed by atoms with Crippen LogP contribution in [0.15, 0.2) is 0 Å². The van der Waals surface area contributed by atoms with Crippen LogP contribution in [0.4, 0.5) is 4.79 Å². The molecule has 6 heteroatoms. The van der Waals surface area contributed by atoms with E-state index in [0.717, 1.165) is 0 Å². The normalized spacial score (nSPS) is 12.9. The highest BCUT2D eigenvalue weighted by Crippen LogP contribution is 2.09. The molecule has 19 heavy (non-hydrogen) atoms. The summed E-state index contributed by atoms with van der Waals surface area (Å²) >= 11 is 0. The van der Waals surface area contributed by atoms with Crippen molar-refractivity contribution in [1.82, 2.24) is 10.2 Å². The third kappa shape index (κ3) is 7.66. The molecule has 0 fully saturated rings. The van der Waals surface area contributed by atoms with Gasteiger partial charge in [-0.15, -0.1) is 0 Å². The Labute approximate surface area is 115 Å². The van der Waals surface area contributed by atoms with Gasteiger partial charge in [-0.3, -0.25) is 4.79 Å². The van der Waals surface area contributed by atoms with Crippen molar-refractivity contribution in [2.45, 2.75) is 52.7 Å². The Bertz CT molecular complexity index is 300. The fourth-order valence-electron chi connectivity index (χ4n) is 1.48. The molecular weight excluding hydrogens is 248 g/mol. The molecule has 2 N–H and O–H groups in total. The van der Waals surface area contributed by atoms with Crippen LogP contribution in [-0.4, -0.2) is 53.3 Å². The second-order valence-corrected chi connectivity index (χ2v) is 5.31. The zero-order valence-corrected chi connectivity index (χ0v) is 12.5. The van der Waals surface area contributed by atoms with E-state index in [-0.39, 0.29) is 6.09 Å². The minimum absolute atomic E-state index is 0.375. The molecule has 0 aliphatic heterocycles. The summed E-state index contributed by atoms with van der Waals surface area (Å²) in [5, 5.41) is 11.8. The number of nitrogens with zero attached hydrogens (tertiary/aromatic N) is 1. The first-order chi connectivity index (χ1) is 8.71. The van der Waals surface area contributed by atoms with Crippen LogP contribution in [-0.2, 0) is 9.53 Å². The number of likely N-dealkylation sites (N-methyl/N-ethyl adjacent to an activating group) is 1. The molecule has 0 aliphatic rings. The lowest BCUT2D eigenvalue weighted by molar-refractivity contribution is -0.139.